The van der Waals surface area contributed by atoms with E-state index in [1.807, 2.05) is 0 Å². The summed E-state index contributed by atoms with van der Waals surface area (Å²) in [5, 5.41) is 8.92. The average molecular weight is 535 g/mol. The zero-order valence-electron chi connectivity index (χ0n) is 22.9. The molecule has 42 heavy (non-hydrogen) atoms. The summed E-state index contributed by atoms with van der Waals surface area (Å²) in [6.07, 6.45) is 2.19. The highest BCUT2D eigenvalue weighted by molar-refractivity contribution is 6.21. The Bertz CT molecular complexity index is 2440. The molecule has 0 aliphatic heterocycles. The third-order valence-corrected chi connectivity index (χ3v) is 8.73. The molecule has 0 fully saturated rings. The highest BCUT2D eigenvalue weighted by Crippen LogP contribution is 2.39. The lowest BCUT2D eigenvalue weighted by atomic mass is 9.93. The molecule has 2 heteroatoms. The van der Waals surface area contributed by atoms with Crippen LogP contribution in [0.2, 0.25) is 0 Å². The van der Waals surface area contributed by atoms with Crippen LogP contribution in [0, 0.1) is 0 Å². The topological polar surface area (TPSA) is 9.86 Å². The van der Waals surface area contributed by atoms with Crippen LogP contribution in [0.25, 0.3) is 76.8 Å². The van der Waals surface area contributed by atoms with Crippen molar-refractivity contribution in [3.05, 3.63) is 158 Å². The lowest BCUT2D eigenvalue weighted by molar-refractivity contribution is 1.13. The van der Waals surface area contributed by atoms with Gasteiger partial charge in [-0.25, -0.2) is 0 Å². The smallest absolute Gasteiger partial charge is 0.0628 e. The van der Waals surface area contributed by atoms with Gasteiger partial charge in [0.25, 0.3) is 0 Å². The van der Waals surface area contributed by atoms with Crippen LogP contribution in [0.3, 0.4) is 0 Å². The summed E-state index contributed by atoms with van der Waals surface area (Å²) < 4.78 is 4.73. The molecule has 0 aliphatic rings. The number of aromatic nitrogens is 2. The largest absolute Gasteiger partial charge is 0.316 e. The molecule has 2 nitrogen and oxygen atoms in total. The summed E-state index contributed by atoms with van der Waals surface area (Å²) in [7, 11) is 0. The quantitative estimate of drug-likeness (QED) is 0.200. The molecule has 0 saturated carbocycles. The van der Waals surface area contributed by atoms with Crippen molar-refractivity contribution in [1.29, 1.82) is 0 Å². The Morgan fingerprint density at radius 1 is 0.405 bits per heavy atom. The first-order chi connectivity index (χ1) is 20.8. The third-order valence-electron chi connectivity index (χ3n) is 8.73. The van der Waals surface area contributed by atoms with E-state index < -0.39 is 0 Å². The number of hydrogen-bond donors (Lipinski definition) is 0. The molecule has 0 radical (unpaired) electrons. The second kappa shape index (κ2) is 8.95. The molecule has 0 aliphatic carbocycles. The van der Waals surface area contributed by atoms with Crippen molar-refractivity contribution >= 4 is 54.3 Å². The molecule has 0 N–H and O–H groups in total. The first-order valence-corrected chi connectivity index (χ1v) is 14.5. The molecule has 9 aromatic rings. The summed E-state index contributed by atoms with van der Waals surface area (Å²) in [4.78, 5) is 0. The molecular formula is C40H26N2. The Morgan fingerprint density at radius 2 is 1.10 bits per heavy atom. The molecule has 0 amide bonds. The molecular weight excluding hydrogens is 508 g/mol. The van der Waals surface area contributed by atoms with Crippen LogP contribution in [-0.4, -0.2) is 9.13 Å². The van der Waals surface area contributed by atoms with Crippen LogP contribution >= 0.6 is 0 Å². The van der Waals surface area contributed by atoms with Crippen LogP contribution in [-0.2, 0) is 0 Å². The van der Waals surface area contributed by atoms with Crippen molar-refractivity contribution in [3.63, 3.8) is 0 Å². The van der Waals surface area contributed by atoms with E-state index in [1.165, 1.54) is 71.1 Å². The Balaban J connectivity index is 1.27. The fraction of sp³-hybridized carbons (Fsp3) is 0. The van der Waals surface area contributed by atoms with Crippen LogP contribution in [0.5, 0.6) is 0 Å². The molecule has 9 rings (SSSR count). The van der Waals surface area contributed by atoms with Gasteiger partial charge in [-0.1, -0.05) is 103 Å². The van der Waals surface area contributed by atoms with E-state index in [-0.39, 0.29) is 0 Å². The van der Waals surface area contributed by atoms with Crippen molar-refractivity contribution in [2.24, 2.45) is 0 Å². The van der Waals surface area contributed by atoms with Crippen LogP contribution < -0.4 is 0 Å². The highest BCUT2D eigenvalue weighted by Gasteiger charge is 2.17. The Kier molecular flexibility index (Phi) is 4.93. The maximum absolute atomic E-state index is 2.41. The van der Waals surface area contributed by atoms with E-state index in [0.29, 0.717) is 0 Å². The molecule has 196 valence electrons. The lowest BCUT2D eigenvalue weighted by Crippen LogP contribution is -1.95. The first kappa shape index (κ1) is 23.1. The van der Waals surface area contributed by atoms with Gasteiger partial charge in [-0.3, -0.25) is 0 Å². The standard InChI is InChI=1S/C40H26N2/c1-2-11-30(12-3-1)41-25-24-28-20-23-38-39(40(28)41)35-16-8-9-17-37(35)42(38)31-21-18-27(19-22-31)36-26-29-10-4-5-13-32(29)33-14-6-7-15-34(33)36/h1-26H. The lowest BCUT2D eigenvalue weighted by Gasteiger charge is -2.13. The van der Waals surface area contributed by atoms with E-state index in [4.69, 9.17) is 0 Å². The molecule has 0 spiro atoms. The number of para-hydroxylation sites is 2. The van der Waals surface area contributed by atoms with Crippen LogP contribution in [0.4, 0.5) is 0 Å². The van der Waals surface area contributed by atoms with E-state index >= 15 is 0 Å². The molecule has 0 bridgehead atoms. The summed E-state index contributed by atoms with van der Waals surface area (Å²) in [6, 6.07) is 55.0. The summed E-state index contributed by atoms with van der Waals surface area (Å²) in [5.41, 5.74) is 8.49. The maximum atomic E-state index is 2.41. The second-order valence-corrected chi connectivity index (χ2v) is 11.0. The van der Waals surface area contributed by atoms with Crippen molar-refractivity contribution in [1.82, 2.24) is 9.13 Å². The summed E-state index contributed by atoms with van der Waals surface area (Å²) >= 11 is 0. The van der Waals surface area contributed by atoms with Gasteiger partial charge in [0.2, 0.25) is 0 Å². The molecule has 0 atom stereocenters. The van der Waals surface area contributed by atoms with E-state index in [9.17, 15) is 0 Å². The number of rotatable bonds is 3. The normalized spacial score (nSPS) is 11.8. The van der Waals surface area contributed by atoms with Crippen LogP contribution in [0.1, 0.15) is 0 Å². The maximum Gasteiger partial charge on any atom is 0.0628 e. The minimum atomic E-state index is 1.16. The van der Waals surface area contributed by atoms with Gasteiger partial charge in [-0.2, -0.15) is 0 Å². The van der Waals surface area contributed by atoms with Gasteiger partial charge in [-0.15, -0.1) is 0 Å². The molecule has 2 heterocycles. The van der Waals surface area contributed by atoms with E-state index in [2.05, 4.69) is 167 Å². The van der Waals surface area contributed by atoms with Crippen molar-refractivity contribution in [2.45, 2.75) is 0 Å². The third kappa shape index (κ3) is 3.33. The van der Waals surface area contributed by atoms with Gasteiger partial charge in [-0.05, 0) is 81.2 Å². The van der Waals surface area contributed by atoms with Gasteiger partial charge >= 0.3 is 0 Å². The molecule has 0 unspecified atom stereocenters. The van der Waals surface area contributed by atoms with Gasteiger partial charge < -0.3 is 9.13 Å². The average Bonchev–Trinajstić information content (AvgIpc) is 3.64. The molecule has 2 aromatic heterocycles. The predicted octanol–water partition coefficient (Wildman–Crippen LogP) is 10.7. The Hall–Kier alpha value is -5.60. The van der Waals surface area contributed by atoms with E-state index in [0.717, 1.165) is 5.69 Å². The van der Waals surface area contributed by atoms with Gasteiger partial charge in [0.1, 0.15) is 0 Å². The minimum Gasteiger partial charge on any atom is -0.316 e. The number of nitrogens with zero attached hydrogens (tertiary/aromatic N) is 2. The predicted molar refractivity (Wildman–Crippen MR) is 178 cm³/mol. The Morgan fingerprint density at radius 3 is 1.93 bits per heavy atom. The van der Waals surface area contributed by atoms with Gasteiger partial charge in [0.05, 0.1) is 16.6 Å². The van der Waals surface area contributed by atoms with E-state index in [1.54, 1.807) is 0 Å². The zero-order valence-corrected chi connectivity index (χ0v) is 22.9. The fourth-order valence-corrected chi connectivity index (χ4v) is 6.85. The SMILES string of the molecule is c1ccc(-n2ccc3ccc4c(c5ccccc5n4-c4ccc(-c5cc6ccccc6c6ccccc56)cc4)c32)cc1. The van der Waals surface area contributed by atoms with Crippen molar-refractivity contribution in [2.75, 3.05) is 0 Å². The first-order valence-electron chi connectivity index (χ1n) is 14.5. The summed E-state index contributed by atoms with van der Waals surface area (Å²) in [5.74, 6) is 0. The number of hydrogen-bond acceptors (Lipinski definition) is 0. The van der Waals surface area contributed by atoms with Gasteiger partial charge in [0, 0.05) is 33.7 Å². The molecule has 0 saturated heterocycles. The van der Waals surface area contributed by atoms with Gasteiger partial charge in [0.15, 0.2) is 0 Å². The van der Waals surface area contributed by atoms with Crippen molar-refractivity contribution < 1.29 is 0 Å². The number of fused-ring (bicyclic) bond motifs is 8. The molecule has 7 aromatic carbocycles. The Labute approximate surface area is 243 Å². The zero-order chi connectivity index (χ0) is 27.6. The van der Waals surface area contributed by atoms with Crippen LogP contribution in [0.15, 0.2) is 158 Å². The summed E-state index contributed by atoms with van der Waals surface area (Å²) in [6.45, 7) is 0. The van der Waals surface area contributed by atoms with Crippen molar-refractivity contribution in [3.8, 4) is 22.5 Å². The highest BCUT2D eigenvalue weighted by atomic mass is 15.0. The monoisotopic (exact) mass is 534 g/mol. The minimum absolute atomic E-state index is 1.16. The number of benzene rings is 7. The fourth-order valence-electron chi connectivity index (χ4n) is 6.85. The second-order valence-electron chi connectivity index (χ2n) is 11.0.